The van der Waals surface area contributed by atoms with Gasteiger partial charge >= 0.3 is 0 Å². The van der Waals surface area contributed by atoms with Gasteiger partial charge in [-0.15, -0.1) is 0 Å². The van der Waals surface area contributed by atoms with Gasteiger partial charge in [0.2, 0.25) is 5.91 Å². The standard InChI is InChI=1S/C18H28N2O3/c1-11(2)16(20(12(3)4)18(22)23)17(21)19-14(6)15-9-7-13(5)8-10-15/h7-12,14,16H,1-6H3,(H,19,21)(H,22,23)/p-1. The second kappa shape index (κ2) is 7.99. The molecule has 0 radical (unpaired) electrons. The minimum atomic E-state index is -1.32. The smallest absolute Gasteiger partial charge is 0.243 e. The molecule has 128 valence electrons. The molecule has 0 bridgehead atoms. The molecule has 23 heavy (non-hydrogen) atoms. The zero-order chi connectivity index (χ0) is 17.7. The summed E-state index contributed by atoms with van der Waals surface area (Å²) in [5, 5.41) is 14.3. The summed E-state index contributed by atoms with van der Waals surface area (Å²) in [6.07, 6.45) is -1.32. The lowest BCUT2D eigenvalue weighted by atomic mass is 9.99. The highest BCUT2D eigenvalue weighted by atomic mass is 16.4. The molecule has 5 nitrogen and oxygen atoms in total. The fourth-order valence-corrected chi connectivity index (χ4v) is 2.63. The van der Waals surface area contributed by atoms with E-state index in [0.717, 1.165) is 16.0 Å². The highest BCUT2D eigenvalue weighted by Crippen LogP contribution is 2.18. The van der Waals surface area contributed by atoms with Crippen molar-refractivity contribution < 1.29 is 14.7 Å². The summed E-state index contributed by atoms with van der Waals surface area (Å²) < 4.78 is 0. The van der Waals surface area contributed by atoms with Gasteiger partial charge in [0.05, 0.1) is 6.04 Å². The van der Waals surface area contributed by atoms with Crippen LogP contribution in [-0.2, 0) is 4.79 Å². The Morgan fingerprint density at radius 1 is 1.04 bits per heavy atom. The maximum atomic E-state index is 12.6. The molecule has 1 aromatic rings. The van der Waals surface area contributed by atoms with E-state index in [1.165, 1.54) is 0 Å². The summed E-state index contributed by atoms with van der Waals surface area (Å²) in [5.41, 5.74) is 2.13. The topological polar surface area (TPSA) is 72.5 Å². The Morgan fingerprint density at radius 2 is 1.57 bits per heavy atom. The second-order valence-electron chi connectivity index (χ2n) is 6.60. The first kappa shape index (κ1) is 19.0. The van der Waals surface area contributed by atoms with Crippen LogP contribution in [0.5, 0.6) is 0 Å². The summed E-state index contributed by atoms with van der Waals surface area (Å²) in [4.78, 5) is 25.2. The fraction of sp³-hybridized carbons (Fsp3) is 0.556. The third-order valence-corrected chi connectivity index (χ3v) is 3.90. The minimum absolute atomic E-state index is 0.152. The van der Waals surface area contributed by atoms with Gasteiger partial charge in [-0.2, -0.15) is 0 Å². The Bertz CT molecular complexity index is 538. The molecular weight excluding hydrogens is 292 g/mol. The Balaban J connectivity index is 2.93. The van der Waals surface area contributed by atoms with Crippen LogP contribution in [0.25, 0.3) is 0 Å². The number of amides is 2. The maximum Gasteiger partial charge on any atom is 0.243 e. The van der Waals surface area contributed by atoms with E-state index >= 15 is 0 Å². The van der Waals surface area contributed by atoms with Crippen LogP contribution in [0.3, 0.4) is 0 Å². The molecule has 1 N–H and O–H groups in total. The van der Waals surface area contributed by atoms with Crippen molar-refractivity contribution in [2.45, 2.75) is 59.7 Å². The monoisotopic (exact) mass is 319 g/mol. The van der Waals surface area contributed by atoms with Crippen molar-refractivity contribution in [3.8, 4) is 0 Å². The third-order valence-electron chi connectivity index (χ3n) is 3.90. The Morgan fingerprint density at radius 3 is 1.96 bits per heavy atom. The highest BCUT2D eigenvalue weighted by Gasteiger charge is 2.31. The van der Waals surface area contributed by atoms with Gasteiger partial charge in [-0.1, -0.05) is 43.7 Å². The normalized spacial score (nSPS) is 13.7. The van der Waals surface area contributed by atoms with Gasteiger partial charge < -0.3 is 20.1 Å². The van der Waals surface area contributed by atoms with E-state index in [0.29, 0.717) is 0 Å². The van der Waals surface area contributed by atoms with Gasteiger partial charge in [0, 0.05) is 6.04 Å². The molecular formula is C18H27N2O3-. The van der Waals surface area contributed by atoms with Crippen molar-refractivity contribution >= 4 is 12.0 Å². The third kappa shape index (κ3) is 4.98. The van der Waals surface area contributed by atoms with E-state index in [1.54, 1.807) is 13.8 Å². The van der Waals surface area contributed by atoms with Gasteiger partial charge in [-0.3, -0.25) is 4.79 Å². The van der Waals surface area contributed by atoms with Gasteiger partial charge in [-0.05, 0) is 39.2 Å². The average Bonchev–Trinajstić information content (AvgIpc) is 2.43. The van der Waals surface area contributed by atoms with Gasteiger partial charge in [0.25, 0.3) is 0 Å². The number of carboxylic acid groups (broad SMARTS) is 1. The van der Waals surface area contributed by atoms with Crippen LogP contribution < -0.4 is 10.4 Å². The number of nitrogens with one attached hydrogen (secondary N) is 1. The summed E-state index contributed by atoms with van der Waals surface area (Å²) >= 11 is 0. The molecule has 2 atom stereocenters. The van der Waals surface area contributed by atoms with Crippen LogP contribution >= 0.6 is 0 Å². The summed E-state index contributed by atoms with van der Waals surface area (Å²) in [7, 11) is 0. The summed E-state index contributed by atoms with van der Waals surface area (Å²) in [6.45, 7) is 11.0. The van der Waals surface area contributed by atoms with E-state index in [1.807, 2.05) is 52.0 Å². The number of carbonyl (C=O) groups is 2. The van der Waals surface area contributed by atoms with Crippen LogP contribution in [0.2, 0.25) is 0 Å². The molecule has 0 aliphatic heterocycles. The molecule has 0 aromatic heterocycles. The Hall–Kier alpha value is -2.04. The molecule has 2 unspecified atom stereocenters. The lowest BCUT2D eigenvalue weighted by Gasteiger charge is -2.38. The number of carbonyl (C=O) groups excluding carboxylic acids is 2. The molecule has 1 aromatic carbocycles. The van der Waals surface area contributed by atoms with Crippen LogP contribution in [0, 0.1) is 12.8 Å². The van der Waals surface area contributed by atoms with Crippen molar-refractivity contribution in [3.63, 3.8) is 0 Å². The minimum Gasteiger partial charge on any atom is -0.530 e. The summed E-state index contributed by atoms with van der Waals surface area (Å²) in [6, 6.07) is 6.60. The van der Waals surface area contributed by atoms with Gasteiger partial charge in [0.15, 0.2) is 0 Å². The molecule has 0 aliphatic rings. The first-order chi connectivity index (χ1) is 10.6. The zero-order valence-electron chi connectivity index (χ0n) is 14.8. The van der Waals surface area contributed by atoms with E-state index in [4.69, 9.17) is 0 Å². The molecule has 0 heterocycles. The number of aryl methyl sites for hydroxylation is 1. The van der Waals surface area contributed by atoms with Crippen LogP contribution in [0.1, 0.15) is 51.8 Å². The first-order valence-corrected chi connectivity index (χ1v) is 8.01. The first-order valence-electron chi connectivity index (χ1n) is 8.01. The SMILES string of the molecule is Cc1ccc(C(C)NC(=O)C(C(C)C)N(C(=O)[O-])C(C)C)cc1. The second-order valence-corrected chi connectivity index (χ2v) is 6.60. The van der Waals surface area contributed by atoms with E-state index in [9.17, 15) is 14.7 Å². The largest absolute Gasteiger partial charge is 0.530 e. The van der Waals surface area contributed by atoms with Crippen molar-refractivity contribution in [2.75, 3.05) is 0 Å². The average molecular weight is 319 g/mol. The Labute approximate surface area is 138 Å². The van der Waals surface area contributed by atoms with Gasteiger partial charge in [0.1, 0.15) is 12.1 Å². The van der Waals surface area contributed by atoms with Crippen LogP contribution in [0.15, 0.2) is 24.3 Å². The van der Waals surface area contributed by atoms with Crippen LogP contribution in [0.4, 0.5) is 4.79 Å². The van der Waals surface area contributed by atoms with E-state index in [-0.39, 0.29) is 23.9 Å². The molecule has 0 saturated carbocycles. The van der Waals surface area contributed by atoms with Crippen LogP contribution in [-0.4, -0.2) is 29.0 Å². The molecule has 0 fully saturated rings. The maximum absolute atomic E-state index is 12.6. The Kier molecular flexibility index (Phi) is 6.61. The molecule has 1 rings (SSSR count). The lowest BCUT2D eigenvalue weighted by molar-refractivity contribution is -0.270. The number of hydrogen-bond donors (Lipinski definition) is 1. The van der Waals surface area contributed by atoms with Gasteiger partial charge in [-0.25, -0.2) is 0 Å². The number of benzene rings is 1. The quantitative estimate of drug-likeness (QED) is 0.874. The van der Waals surface area contributed by atoms with E-state index < -0.39 is 12.1 Å². The predicted octanol–water partition coefficient (Wildman–Crippen LogP) is 2.25. The molecule has 0 saturated heterocycles. The van der Waals surface area contributed by atoms with Crippen molar-refractivity contribution in [2.24, 2.45) is 5.92 Å². The molecule has 0 spiro atoms. The van der Waals surface area contributed by atoms with E-state index in [2.05, 4.69) is 5.32 Å². The van der Waals surface area contributed by atoms with Crippen molar-refractivity contribution in [1.29, 1.82) is 0 Å². The number of nitrogens with zero attached hydrogens (tertiary/aromatic N) is 1. The predicted molar refractivity (Wildman–Crippen MR) is 88.7 cm³/mol. The lowest BCUT2D eigenvalue weighted by Crippen LogP contribution is -2.58. The van der Waals surface area contributed by atoms with Crippen molar-refractivity contribution in [3.05, 3.63) is 35.4 Å². The molecule has 5 heteroatoms. The summed E-state index contributed by atoms with van der Waals surface area (Å²) in [5.74, 6) is -0.452. The molecule has 2 amide bonds. The number of hydrogen-bond acceptors (Lipinski definition) is 3. The van der Waals surface area contributed by atoms with Crippen molar-refractivity contribution in [1.82, 2.24) is 10.2 Å². The highest BCUT2D eigenvalue weighted by molar-refractivity contribution is 5.85. The number of rotatable bonds is 6. The fourth-order valence-electron chi connectivity index (χ4n) is 2.63. The molecule has 0 aliphatic carbocycles. The zero-order valence-corrected chi connectivity index (χ0v) is 14.8.